The lowest BCUT2D eigenvalue weighted by Crippen LogP contribution is -2.49. The van der Waals surface area contributed by atoms with Gasteiger partial charge in [-0.3, -0.25) is 4.79 Å². The third-order valence-corrected chi connectivity index (χ3v) is 4.77. The fourth-order valence-electron chi connectivity index (χ4n) is 3.22. The molecule has 3 aromatic rings. The van der Waals surface area contributed by atoms with Gasteiger partial charge >= 0.3 is 0 Å². The van der Waals surface area contributed by atoms with Crippen LogP contribution in [-0.2, 0) is 11.2 Å². The van der Waals surface area contributed by atoms with E-state index in [-0.39, 0.29) is 5.91 Å². The quantitative estimate of drug-likeness (QED) is 0.726. The van der Waals surface area contributed by atoms with Crippen molar-refractivity contribution in [2.75, 3.05) is 31.1 Å². The molecule has 1 aromatic carbocycles. The Kier molecular flexibility index (Phi) is 4.32. The number of rotatable bonds is 3. The summed E-state index contributed by atoms with van der Waals surface area (Å²) in [7, 11) is 0. The highest BCUT2D eigenvalue weighted by atomic mass is 35.5. The van der Waals surface area contributed by atoms with Gasteiger partial charge in [-0.25, -0.2) is 4.98 Å². The second-order valence-electron chi connectivity index (χ2n) is 6.23. The number of carbonyl (C=O) groups is 1. The molecule has 0 aliphatic carbocycles. The molecule has 0 N–H and O–H groups in total. The molecule has 0 saturated carbocycles. The Bertz CT molecular complexity index is 885. The fourth-order valence-corrected chi connectivity index (χ4v) is 3.39. The van der Waals surface area contributed by atoms with Gasteiger partial charge in [0.05, 0.1) is 17.1 Å². The molecule has 0 unspecified atom stereocenters. The Hall–Kier alpha value is -2.53. The normalized spacial score (nSPS) is 14.9. The summed E-state index contributed by atoms with van der Waals surface area (Å²) in [5, 5.41) is 0.653. The molecule has 25 heavy (non-hydrogen) atoms. The van der Waals surface area contributed by atoms with E-state index in [0.29, 0.717) is 11.4 Å². The number of imidazole rings is 1. The van der Waals surface area contributed by atoms with E-state index < -0.39 is 0 Å². The number of halogens is 1. The maximum absolute atomic E-state index is 12.6. The van der Waals surface area contributed by atoms with Crippen molar-refractivity contribution in [1.29, 1.82) is 0 Å². The van der Waals surface area contributed by atoms with Crippen LogP contribution in [0.15, 0.2) is 54.9 Å². The highest BCUT2D eigenvalue weighted by Crippen LogP contribution is 2.17. The average molecular weight is 355 g/mol. The molecule has 2 aromatic heterocycles. The molecule has 1 aliphatic rings. The van der Waals surface area contributed by atoms with Gasteiger partial charge in [-0.1, -0.05) is 29.8 Å². The summed E-state index contributed by atoms with van der Waals surface area (Å²) < 4.78 is 1.86. The number of amides is 1. The Morgan fingerprint density at radius 1 is 1.00 bits per heavy atom. The molecular formula is C19H19ClN4O. The molecule has 1 saturated heterocycles. The van der Waals surface area contributed by atoms with Crippen molar-refractivity contribution >= 4 is 28.8 Å². The number of hydrogen-bond acceptors (Lipinski definition) is 3. The number of piperazine rings is 1. The second kappa shape index (κ2) is 6.76. The Labute approximate surface area is 151 Å². The van der Waals surface area contributed by atoms with Crippen LogP contribution >= 0.6 is 11.6 Å². The Balaban J connectivity index is 1.38. The predicted molar refractivity (Wildman–Crippen MR) is 99.1 cm³/mol. The lowest BCUT2D eigenvalue weighted by molar-refractivity contribution is -0.130. The number of hydrogen-bond donors (Lipinski definition) is 0. The summed E-state index contributed by atoms with van der Waals surface area (Å²) in [4.78, 5) is 21.3. The van der Waals surface area contributed by atoms with Gasteiger partial charge in [0.25, 0.3) is 0 Å². The van der Waals surface area contributed by atoms with Crippen LogP contribution in [-0.4, -0.2) is 46.4 Å². The van der Waals surface area contributed by atoms with Gasteiger partial charge in [0.1, 0.15) is 5.65 Å². The van der Waals surface area contributed by atoms with E-state index >= 15 is 0 Å². The van der Waals surface area contributed by atoms with Crippen LogP contribution in [0.3, 0.4) is 0 Å². The SMILES string of the molecule is O=C(Cc1cn2cc(Cl)ccc2n1)N1CCN(c2ccccc2)CC1. The zero-order chi connectivity index (χ0) is 17.2. The van der Waals surface area contributed by atoms with Crippen molar-refractivity contribution in [1.82, 2.24) is 14.3 Å². The van der Waals surface area contributed by atoms with Gasteiger partial charge in [-0.2, -0.15) is 0 Å². The van der Waals surface area contributed by atoms with Crippen molar-refractivity contribution in [2.45, 2.75) is 6.42 Å². The summed E-state index contributed by atoms with van der Waals surface area (Å²) >= 11 is 5.99. The molecule has 3 heterocycles. The lowest BCUT2D eigenvalue weighted by atomic mass is 10.2. The van der Waals surface area contributed by atoms with Crippen molar-refractivity contribution in [3.05, 3.63) is 65.6 Å². The van der Waals surface area contributed by atoms with Crippen LogP contribution in [0.5, 0.6) is 0 Å². The summed E-state index contributed by atoms with van der Waals surface area (Å²) in [5.41, 5.74) is 2.80. The van der Waals surface area contributed by atoms with Crippen molar-refractivity contribution in [2.24, 2.45) is 0 Å². The van der Waals surface area contributed by atoms with E-state index in [9.17, 15) is 4.79 Å². The summed E-state index contributed by atoms with van der Waals surface area (Å²) in [5.74, 6) is 0.127. The lowest BCUT2D eigenvalue weighted by Gasteiger charge is -2.36. The third-order valence-electron chi connectivity index (χ3n) is 4.55. The molecular weight excluding hydrogens is 336 g/mol. The largest absolute Gasteiger partial charge is 0.368 e. The molecule has 6 heteroatoms. The van der Waals surface area contributed by atoms with Crippen LogP contribution < -0.4 is 4.90 Å². The van der Waals surface area contributed by atoms with Crippen molar-refractivity contribution in [3.63, 3.8) is 0 Å². The van der Waals surface area contributed by atoms with Crippen molar-refractivity contribution in [3.8, 4) is 0 Å². The molecule has 1 amide bonds. The first-order valence-electron chi connectivity index (χ1n) is 8.40. The van der Waals surface area contributed by atoms with Gasteiger partial charge in [0.2, 0.25) is 5.91 Å². The number of anilines is 1. The number of benzene rings is 1. The number of aromatic nitrogens is 2. The zero-order valence-corrected chi connectivity index (χ0v) is 14.6. The van der Waals surface area contributed by atoms with E-state index in [4.69, 9.17) is 11.6 Å². The maximum atomic E-state index is 12.6. The van der Waals surface area contributed by atoms with E-state index in [0.717, 1.165) is 37.5 Å². The van der Waals surface area contributed by atoms with Gasteiger partial charge in [0.15, 0.2) is 0 Å². The molecule has 4 rings (SSSR count). The summed E-state index contributed by atoms with van der Waals surface area (Å²) in [6.07, 6.45) is 4.00. The zero-order valence-electron chi connectivity index (χ0n) is 13.8. The van der Waals surface area contributed by atoms with Crippen LogP contribution in [0.2, 0.25) is 5.02 Å². The van der Waals surface area contributed by atoms with Gasteiger partial charge < -0.3 is 14.2 Å². The monoisotopic (exact) mass is 354 g/mol. The second-order valence-corrected chi connectivity index (χ2v) is 6.66. The average Bonchev–Trinajstić information content (AvgIpc) is 3.04. The van der Waals surface area contributed by atoms with Gasteiger partial charge in [-0.15, -0.1) is 0 Å². The Morgan fingerprint density at radius 2 is 1.76 bits per heavy atom. The molecule has 128 valence electrons. The first-order chi connectivity index (χ1) is 12.2. The molecule has 5 nitrogen and oxygen atoms in total. The molecule has 0 radical (unpaired) electrons. The smallest absolute Gasteiger partial charge is 0.228 e. The minimum absolute atomic E-state index is 0.127. The Morgan fingerprint density at radius 3 is 2.52 bits per heavy atom. The molecule has 1 aliphatic heterocycles. The summed E-state index contributed by atoms with van der Waals surface area (Å²) in [6.45, 7) is 3.20. The topological polar surface area (TPSA) is 40.9 Å². The summed E-state index contributed by atoms with van der Waals surface area (Å²) in [6, 6.07) is 14.0. The first kappa shape index (κ1) is 16.0. The van der Waals surface area contributed by atoms with E-state index in [2.05, 4.69) is 22.0 Å². The maximum Gasteiger partial charge on any atom is 0.228 e. The standard InChI is InChI=1S/C19H19ClN4O/c20-15-6-7-18-21-16(14-24(18)13-15)12-19(25)23-10-8-22(9-11-23)17-4-2-1-3-5-17/h1-7,13-14H,8-12H2. The number of para-hydroxylation sites is 1. The molecule has 0 spiro atoms. The predicted octanol–water partition coefficient (Wildman–Crippen LogP) is 2.88. The van der Waals surface area contributed by atoms with Crippen LogP contribution in [0, 0.1) is 0 Å². The van der Waals surface area contributed by atoms with Gasteiger partial charge in [-0.05, 0) is 24.3 Å². The van der Waals surface area contributed by atoms with Gasteiger partial charge in [0, 0.05) is 44.3 Å². The number of pyridine rings is 1. The highest BCUT2D eigenvalue weighted by Gasteiger charge is 2.22. The number of fused-ring (bicyclic) bond motifs is 1. The van der Waals surface area contributed by atoms with Crippen LogP contribution in [0.1, 0.15) is 5.69 Å². The third kappa shape index (κ3) is 3.46. The molecule has 1 fully saturated rings. The highest BCUT2D eigenvalue weighted by molar-refractivity contribution is 6.30. The fraction of sp³-hybridized carbons (Fsp3) is 0.263. The van der Waals surface area contributed by atoms with E-state index in [1.54, 1.807) is 12.3 Å². The van der Waals surface area contributed by atoms with Crippen LogP contribution in [0.4, 0.5) is 5.69 Å². The number of nitrogens with zero attached hydrogens (tertiary/aromatic N) is 4. The van der Waals surface area contributed by atoms with E-state index in [1.165, 1.54) is 5.69 Å². The first-order valence-corrected chi connectivity index (χ1v) is 8.78. The van der Waals surface area contributed by atoms with E-state index in [1.807, 2.05) is 39.8 Å². The number of carbonyl (C=O) groups excluding carboxylic acids is 1. The van der Waals surface area contributed by atoms with Crippen LogP contribution in [0.25, 0.3) is 5.65 Å². The minimum atomic E-state index is 0.127. The van der Waals surface area contributed by atoms with Crippen molar-refractivity contribution < 1.29 is 4.79 Å². The molecule has 0 bridgehead atoms. The minimum Gasteiger partial charge on any atom is -0.368 e. The molecule has 0 atom stereocenters.